The molecule has 0 unspecified atom stereocenters. The number of nitriles is 1. The van der Waals surface area contributed by atoms with Crippen LogP contribution in [0.3, 0.4) is 0 Å². The van der Waals surface area contributed by atoms with Gasteiger partial charge in [-0.2, -0.15) is 5.26 Å². The van der Waals surface area contributed by atoms with Crippen molar-refractivity contribution in [1.82, 2.24) is 4.98 Å². The number of hydrogen-bond acceptors (Lipinski definition) is 4. The Morgan fingerprint density at radius 1 is 1.22 bits per heavy atom. The summed E-state index contributed by atoms with van der Waals surface area (Å²) in [7, 11) is -0.508. The van der Waals surface area contributed by atoms with Gasteiger partial charge in [0.25, 0.3) is 0 Å². The van der Waals surface area contributed by atoms with Gasteiger partial charge in [-0.05, 0) is 40.7 Å². The van der Waals surface area contributed by atoms with E-state index in [9.17, 15) is 5.26 Å². The number of pyridine rings is 1. The second-order valence-corrected chi connectivity index (χ2v) is 5.56. The second-order valence-electron chi connectivity index (χ2n) is 5.56. The van der Waals surface area contributed by atoms with Crippen LogP contribution in [0.4, 0.5) is 0 Å². The third kappa shape index (κ3) is 1.92. The molecule has 2 rings (SSSR count). The lowest BCUT2D eigenvalue weighted by atomic mass is 9.76. The molecule has 0 radical (unpaired) electrons. The van der Waals surface area contributed by atoms with E-state index in [1.54, 1.807) is 12.3 Å². The minimum atomic E-state index is -0.508. The average Bonchev–Trinajstić information content (AvgIpc) is 2.47. The highest BCUT2D eigenvalue weighted by molar-refractivity contribution is 6.62. The first kappa shape index (κ1) is 13.1. The predicted octanol–water partition coefficient (Wildman–Crippen LogP) is 1.56. The Balaban J connectivity index is 2.42. The normalized spacial score (nSPS) is 20.8. The molecule has 94 valence electrons. The summed E-state index contributed by atoms with van der Waals surface area (Å²) in [5.74, 6) is 0. The quantitative estimate of drug-likeness (QED) is 0.703. The third-order valence-corrected chi connectivity index (χ3v) is 3.79. The Labute approximate surface area is 108 Å². The highest BCUT2D eigenvalue weighted by Gasteiger charge is 2.52. The molecule has 18 heavy (non-hydrogen) atoms. The standard InChI is InChI=1S/C13H17BN2O2/c1-9-10(8-15)11(6-7-16-9)14-17-12(2,3)13(4,5)18-14/h6-7H,1-5H3. The van der Waals surface area contributed by atoms with E-state index < -0.39 is 18.3 Å². The van der Waals surface area contributed by atoms with Crippen molar-refractivity contribution in [1.29, 1.82) is 5.26 Å². The molecular formula is C13H17BN2O2. The van der Waals surface area contributed by atoms with Crippen LogP contribution in [0.15, 0.2) is 12.3 Å². The van der Waals surface area contributed by atoms with Crippen LogP contribution in [0.25, 0.3) is 0 Å². The summed E-state index contributed by atoms with van der Waals surface area (Å²) in [6.07, 6.45) is 1.68. The molecule has 0 spiro atoms. The summed E-state index contributed by atoms with van der Waals surface area (Å²) in [4.78, 5) is 4.12. The van der Waals surface area contributed by atoms with E-state index in [2.05, 4.69) is 11.1 Å². The number of aromatic nitrogens is 1. The van der Waals surface area contributed by atoms with E-state index in [4.69, 9.17) is 9.31 Å². The molecular weight excluding hydrogens is 227 g/mol. The van der Waals surface area contributed by atoms with E-state index in [0.29, 0.717) is 11.3 Å². The Hall–Kier alpha value is -1.38. The monoisotopic (exact) mass is 244 g/mol. The summed E-state index contributed by atoms with van der Waals surface area (Å²) in [5, 5.41) is 9.22. The fourth-order valence-corrected chi connectivity index (χ4v) is 1.90. The van der Waals surface area contributed by atoms with Crippen molar-refractivity contribution >= 4 is 12.6 Å². The maximum absolute atomic E-state index is 9.22. The van der Waals surface area contributed by atoms with Gasteiger partial charge in [0.15, 0.2) is 0 Å². The van der Waals surface area contributed by atoms with Gasteiger partial charge in [-0.15, -0.1) is 0 Å². The number of rotatable bonds is 1. The maximum atomic E-state index is 9.22. The van der Waals surface area contributed by atoms with Gasteiger partial charge in [0.2, 0.25) is 0 Å². The SMILES string of the molecule is Cc1nccc(B2OC(C)(C)C(C)(C)O2)c1C#N. The second kappa shape index (κ2) is 4.08. The van der Waals surface area contributed by atoms with Crippen LogP contribution in [-0.4, -0.2) is 23.3 Å². The van der Waals surface area contributed by atoms with Crippen LogP contribution < -0.4 is 5.46 Å². The zero-order chi connectivity index (χ0) is 13.6. The predicted molar refractivity (Wildman–Crippen MR) is 69.4 cm³/mol. The lowest BCUT2D eigenvalue weighted by Crippen LogP contribution is -2.41. The largest absolute Gasteiger partial charge is 0.496 e. The molecule has 0 atom stereocenters. The lowest BCUT2D eigenvalue weighted by Gasteiger charge is -2.32. The van der Waals surface area contributed by atoms with Gasteiger partial charge < -0.3 is 9.31 Å². The van der Waals surface area contributed by atoms with Gasteiger partial charge in [-0.3, -0.25) is 4.98 Å². The molecule has 5 heteroatoms. The average molecular weight is 244 g/mol. The van der Waals surface area contributed by atoms with Crippen LogP contribution in [0.2, 0.25) is 0 Å². The van der Waals surface area contributed by atoms with Gasteiger partial charge in [0.05, 0.1) is 22.5 Å². The Morgan fingerprint density at radius 3 is 2.28 bits per heavy atom. The van der Waals surface area contributed by atoms with E-state index in [0.717, 1.165) is 5.46 Å². The number of nitrogens with zero attached hydrogens (tertiary/aromatic N) is 2. The van der Waals surface area contributed by atoms with E-state index >= 15 is 0 Å². The first-order chi connectivity index (χ1) is 8.28. The van der Waals surface area contributed by atoms with Crippen molar-refractivity contribution in [3.63, 3.8) is 0 Å². The van der Waals surface area contributed by atoms with E-state index in [1.165, 1.54) is 0 Å². The molecule has 1 aromatic heterocycles. The van der Waals surface area contributed by atoms with Gasteiger partial charge in [-0.25, -0.2) is 0 Å². The Bertz CT molecular complexity index is 504. The molecule has 0 aliphatic carbocycles. The zero-order valence-electron chi connectivity index (χ0n) is 11.4. The molecule has 1 aliphatic heterocycles. The highest BCUT2D eigenvalue weighted by atomic mass is 16.7. The van der Waals surface area contributed by atoms with Crippen LogP contribution in [0.1, 0.15) is 39.0 Å². The number of hydrogen-bond donors (Lipinski definition) is 0. The molecule has 4 nitrogen and oxygen atoms in total. The zero-order valence-corrected chi connectivity index (χ0v) is 11.4. The topological polar surface area (TPSA) is 55.1 Å². The smallest absolute Gasteiger partial charge is 0.399 e. The maximum Gasteiger partial charge on any atom is 0.496 e. The van der Waals surface area contributed by atoms with Crippen molar-refractivity contribution in [3.05, 3.63) is 23.5 Å². The first-order valence-corrected chi connectivity index (χ1v) is 6.00. The summed E-state index contributed by atoms with van der Waals surface area (Å²) < 4.78 is 11.9. The molecule has 1 saturated heterocycles. The Morgan fingerprint density at radius 2 is 1.78 bits per heavy atom. The minimum absolute atomic E-state index is 0.401. The van der Waals surface area contributed by atoms with Crippen LogP contribution >= 0.6 is 0 Å². The third-order valence-electron chi connectivity index (χ3n) is 3.79. The van der Waals surface area contributed by atoms with Crippen molar-refractivity contribution in [2.75, 3.05) is 0 Å². The molecule has 0 amide bonds. The summed E-state index contributed by atoms with van der Waals surface area (Å²) in [5.41, 5.74) is 1.19. The Kier molecular flexibility index (Phi) is 2.96. The summed E-state index contributed by atoms with van der Waals surface area (Å²) >= 11 is 0. The fourth-order valence-electron chi connectivity index (χ4n) is 1.90. The van der Waals surface area contributed by atoms with E-state index in [1.807, 2.05) is 34.6 Å². The molecule has 0 aromatic carbocycles. The summed E-state index contributed by atoms with van der Waals surface area (Å²) in [6, 6.07) is 3.96. The first-order valence-electron chi connectivity index (χ1n) is 6.00. The van der Waals surface area contributed by atoms with Gasteiger partial charge in [-0.1, -0.05) is 0 Å². The fraction of sp³-hybridized carbons (Fsp3) is 0.538. The molecule has 2 heterocycles. The van der Waals surface area contributed by atoms with Gasteiger partial charge in [0, 0.05) is 11.7 Å². The molecule has 0 bridgehead atoms. The van der Waals surface area contributed by atoms with Crippen molar-refractivity contribution in [3.8, 4) is 6.07 Å². The lowest BCUT2D eigenvalue weighted by molar-refractivity contribution is 0.00578. The molecule has 0 N–H and O–H groups in total. The van der Waals surface area contributed by atoms with Crippen molar-refractivity contribution in [2.45, 2.75) is 45.8 Å². The summed E-state index contributed by atoms with van der Waals surface area (Å²) in [6.45, 7) is 9.79. The molecule has 0 saturated carbocycles. The highest BCUT2D eigenvalue weighted by Crippen LogP contribution is 2.36. The molecule has 1 aromatic rings. The van der Waals surface area contributed by atoms with Crippen LogP contribution in [0.5, 0.6) is 0 Å². The van der Waals surface area contributed by atoms with E-state index in [-0.39, 0.29) is 0 Å². The van der Waals surface area contributed by atoms with Gasteiger partial charge in [0.1, 0.15) is 6.07 Å². The van der Waals surface area contributed by atoms with Gasteiger partial charge >= 0.3 is 7.12 Å². The molecule has 1 fully saturated rings. The van der Waals surface area contributed by atoms with Crippen molar-refractivity contribution in [2.24, 2.45) is 0 Å². The molecule has 1 aliphatic rings. The number of aryl methyl sites for hydroxylation is 1. The van der Waals surface area contributed by atoms with Crippen LogP contribution in [-0.2, 0) is 9.31 Å². The van der Waals surface area contributed by atoms with Crippen molar-refractivity contribution < 1.29 is 9.31 Å². The van der Waals surface area contributed by atoms with Crippen LogP contribution in [0, 0.1) is 18.3 Å². The minimum Gasteiger partial charge on any atom is -0.399 e.